The molecular weight excluding hydrogens is 404 g/mol. The summed E-state index contributed by atoms with van der Waals surface area (Å²) in [4.78, 5) is 26.2. The topological polar surface area (TPSA) is 67.9 Å². The lowest BCUT2D eigenvalue weighted by molar-refractivity contribution is -0.134. The molecule has 0 spiro atoms. The van der Waals surface area contributed by atoms with Gasteiger partial charge in [0.1, 0.15) is 12.4 Å². The molecule has 1 fully saturated rings. The van der Waals surface area contributed by atoms with Crippen molar-refractivity contribution >= 4 is 23.6 Å². The third-order valence-electron chi connectivity index (χ3n) is 5.15. The highest BCUT2D eigenvalue weighted by Gasteiger charge is 2.24. The molecule has 0 bridgehead atoms. The number of carbonyl (C=O) groups is 2. The van der Waals surface area contributed by atoms with Gasteiger partial charge in [-0.3, -0.25) is 4.79 Å². The number of nitrogens with one attached hydrogen (secondary N) is 1. The largest absolute Gasteiger partial charge is 0.484 e. The van der Waals surface area contributed by atoms with Crippen molar-refractivity contribution in [2.45, 2.75) is 39.3 Å². The number of halogens is 1. The molecule has 0 saturated carbocycles. The first kappa shape index (κ1) is 22.0. The van der Waals surface area contributed by atoms with E-state index >= 15 is 0 Å². The third-order valence-corrected chi connectivity index (χ3v) is 5.75. The second-order valence-corrected chi connectivity index (χ2v) is 7.90. The van der Waals surface area contributed by atoms with E-state index in [0.29, 0.717) is 36.7 Å². The van der Waals surface area contributed by atoms with E-state index < -0.39 is 6.09 Å². The second-order valence-electron chi connectivity index (χ2n) is 7.52. The van der Waals surface area contributed by atoms with Gasteiger partial charge in [0.2, 0.25) is 0 Å². The van der Waals surface area contributed by atoms with Crippen molar-refractivity contribution in [3.05, 3.63) is 64.2 Å². The molecule has 0 aromatic heterocycles. The van der Waals surface area contributed by atoms with Gasteiger partial charge in [-0.25, -0.2) is 4.79 Å². The zero-order chi connectivity index (χ0) is 21.5. The van der Waals surface area contributed by atoms with Crippen molar-refractivity contribution in [1.29, 1.82) is 0 Å². The first-order valence-corrected chi connectivity index (χ1v) is 10.4. The van der Waals surface area contributed by atoms with Crippen LogP contribution in [0.15, 0.2) is 42.5 Å². The van der Waals surface area contributed by atoms with Gasteiger partial charge in [-0.2, -0.15) is 0 Å². The maximum Gasteiger partial charge on any atom is 0.407 e. The first-order valence-electron chi connectivity index (χ1n) is 10.1. The predicted molar refractivity (Wildman–Crippen MR) is 116 cm³/mol. The maximum atomic E-state index is 12.5. The van der Waals surface area contributed by atoms with Gasteiger partial charge < -0.3 is 19.7 Å². The van der Waals surface area contributed by atoms with Gasteiger partial charge in [0.05, 0.1) is 0 Å². The summed E-state index contributed by atoms with van der Waals surface area (Å²) in [6.45, 7) is 5.19. The van der Waals surface area contributed by atoms with Gasteiger partial charge in [0.15, 0.2) is 6.61 Å². The van der Waals surface area contributed by atoms with Crippen molar-refractivity contribution in [3.63, 3.8) is 0 Å². The van der Waals surface area contributed by atoms with Crippen LogP contribution < -0.4 is 10.1 Å². The summed E-state index contributed by atoms with van der Waals surface area (Å²) in [5.74, 6) is 0.575. The molecule has 2 aromatic rings. The number of aryl methyl sites for hydroxylation is 2. The third kappa shape index (κ3) is 6.13. The molecule has 7 heteroatoms. The lowest BCUT2D eigenvalue weighted by Gasteiger charge is -2.32. The van der Waals surface area contributed by atoms with Gasteiger partial charge in [0, 0.05) is 24.2 Å². The number of hydrogen-bond acceptors (Lipinski definition) is 4. The second kappa shape index (κ2) is 10.3. The first-order chi connectivity index (χ1) is 14.4. The molecule has 1 saturated heterocycles. The van der Waals surface area contributed by atoms with E-state index in [0.717, 1.165) is 16.7 Å². The van der Waals surface area contributed by atoms with Crippen LogP contribution in [0.5, 0.6) is 5.75 Å². The molecule has 2 amide bonds. The summed E-state index contributed by atoms with van der Waals surface area (Å²) in [6, 6.07) is 13.2. The smallest absolute Gasteiger partial charge is 0.407 e. The summed E-state index contributed by atoms with van der Waals surface area (Å²) in [7, 11) is 0. The summed E-state index contributed by atoms with van der Waals surface area (Å²) in [6.07, 6.45) is 0.942. The van der Waals surface area contributed by atoms with Crippen molar-refractivity contribution in [2.24, 2.45) is 0 Å². The molecule has 1 heterocycles. The predicted octanol–water partition coefficient (Wildman–Crippen LogP) is 4.25. The number of carbonyl (C=O) groups excluding carboxylic acids is 2. The Morgan fingerprint density at radius 3 is 2.37 bits per heavy atom. The zero-order valence-corrected chi connectivity index (χ0v) is 18.1. The number of piperidine rings is 1. The van der Waals surface area contributed by atoms with Gasteiger partial charge in [-0.05, 0) is 55.5 Å². The van der Waals surface area contributed by atoms with Gasteiger partial charge in [0.25, 0.3) is 5.91 Å². The van der Waals surface area contributed by atoms with E-state index in [1.165, 1.54) is 0 Å². The van der Waals surface area contributed by atoms with Crippen molar-refractivity contribution in [3.8, 4) is 5.75 Å². The highest BCUT2D eigenvalue weighted by molar-refractivity contribution is 6.32. The zero-order valence-electron chi connectivity index (χ0n) is 17.3. The van der Waals surface area contributed by atoms with Crippen LogP contribution in [-0.4, -0.2) is 42.6 Å². The monoisotopic (exact) mass is 430 g/mol. The maximum absolute atomic E-state index is 12.5. The number of benzene rings is 2. The van der Waals surface area contributed by atoms with Gasteiger partial charge >= 0.3 is 6.09 Å². The minimum atomic E-state index is -0.430. The summed E-state index contributed by atoms with van der Waals surface area (Å²) in [5.41, 5.74) is 2.79. The highest BCUT2D eigenvalue weighted by Crippen LogP contribution is 2.26. The van der Waals surface area contributed by atoms with Crippen LogP contribution in [0.25, 0.3) is 0 Å². The molecule has 160 valence electrons. The Balaban J connectivity index is 1.38. The highest BCUT2D eigenvalue weighted by atomic mass is 35.5. The lowest BCUT2D eigenvalue weighted by atomic mass is 10.1. The molecule has 30 heavy (non-hydrogen) atoms. The molecule has 0 unspecified atom stereocenters. The normalized spacial score (nSPS) is 14.3. The van der Waals surface area contributed by atoms with E-state index in [1.54, 1.807) is 4.90 Å². The van der Waals surface area contributed by atoms with E-state index in [2.05, 4.69) is 5.32 Å². The van der Waals surface area contributed by atoms with E-state index in [4.69, 9.17) is 21.1 Å². The lowest BCUT2D eigenvalue weighted by Crippen LogP contribution is -2.47. The average Bonchev–Trinajstić information content (AvgIpc) is 2.75. The average molecular weight is 431 g/mol. The molecule has 3 rings (SSSR count). The number of likely N-dealkylation sites (tertiary alicyclic amines) is 1. The minimum absolute atomic E-state index is 0.000180. The Labute approximate surface area is 182 Å². The standard InChI is InChI=1S/C23H27ClN2O4/c1-16-12-20(13-17(2)22(16)24)29-15-21(27)26-10-8-19(9-11-26)25-23(28)30-14-18-6-4-3-5-7-18/h3-7,12-13,19H,8-11,14-15H2,1-2H3,(H,25,28). The number of alkyl carbamates (subject to hydrolysis) is 1. The van der Waals surface area contributed by atoms with Crippen LogP contribution in [0.4, 0.5) is 4.79 Å². The number of hydrogen-bond donors (Lipinski definition) is 1. The van der Waals surface area contributed by atoms with Gasteiger partial charge in [-0.1, -0.05) is 41.9 Å². The van der Waals surface area contributed by atoms with Gasteiger partial charge in [-0.15, -0.1) is 0 Å². The Hall–Kier alpha value is -2.73. The van der Waals surface area contributed by atoms with E-state index in [9.17, 15) is 9.59 Å². The SMILES string of the molecule is Cc1cc(OCC(=O)N2CCC(NC(=O)OCc3ccccc3)CC2)cc(C)c1Cl. The number of amides is 2. The molecule has 0 atom stereocenters. The van der Waals surface area contributed by atoms with Crippen molar-refractivity contribution in [2.75, 3.05) is 19.7 Å². The molecule has 0 radical (unpaired) electrons. The summed E-state index contributed by atoms with van der Waals surface area (Å²) < 4.78 is 10.9. The molecule has 2 aromatic carbocycles. The Bertz CT molecular complexity index is 857. The fourth-order valence-corrected chi connectivity index (χ4v) is 3.54. The van der Waals surface area contributed by atoms with Crippen LogP contribution in [0.1, 0.15) is 29.5 Å². The number of ether oxygens (including phenoxy) is 2. The van der Waals surface area contributed by atoms with E-state index in [-0.39, 0.29) is 25.2 Å². The summed E-state index contributed by atoms with van der Waals surface area (Å²) in [5, 5.41) is 3.59. The Morgan fingerprint density at radius 1 is 1.10 bits per heavy atom. The van der Waals surface area contributed by atoms with Crippen molar-refractivity contribution < 1.29 is 19.1 Å². The van der Waals surface area contributed by atoms with Crippen LogP contribution in [0.3, 0.4) is 0 Å². The number of rotatable bonds is 6. The van der Waals surface area contributed by atoms with Crippen LogP contribution in [0.2, 0.25) is 5.02 Å². The molecule has 1 aliphatic rings. The number of nitrogens with zero attached hydrogens (tertiary/aromatic N) is 1. The Kier molecular flexibility index (Phi) is 7.57. The fraction of sp³-hybridized carbons (Fsp3) is 0.391. The quantitative estimate of drug-likeness (QED) is 0.743. The molecular formula is C23H27ClN2O4. The van der Waals surface area contributed by atoms with Crippen LogP contribution in [-0.2, 0) is 16.1 Å². The molecule has 6 nitrogen and oxygen atoms in total. The Morgan fingerprint density at radius 2 is 1.73 bits per heavy atom. The summed E-state index contributed by atoms with van der Waals surface area (Å²) >= 11 is 6.17. The van der Waals surface area contributed by atoms with Crippen LogP contribution >= 0.6 is 11.6 Å². The molecule has 1 aliphatic heterocycles. The van der Waals surface area contributed by atoms with Crippen molar-refractivity contribution in [1.82, 2.24) is 10.2 Å². The van der Waals surface area contributed by atoms with E-state index in [1.807, 2.05) is 56.3 Å². The molecule has 0 aliphatic carbocycles. The molecule has 1 N–H and O–H groups in total. The van der Waals surface area contributed by atoms with Crippen LogP contribution in [0, 0.1) is 13.8 Å². The fourth-order valence-electron chi connectivity index (χ4n) is 3.43. The minimum Gasteiger partial charge on any atom is -0.484 e.